The van der Waals surface area contributed by atoms with E-state index >= 15 is 0 Å². The normalized spacial score (nSPS) is 18.8. The number of ether oxygens (including phenoxy) is 4. The molecule has 1 unspecified atom stereocenters. The van der Waals surface area contributed by atoms with Crippen LogP contribution in [0, 0.1) is 0 Å². The van der Waals surface area contributed by atoms with Crippen LogP contribution in [0.15, 0.2) is 41.3 Å². The third kappa shape index (κ3) is 3.54. The molecule has 3 aromatic rings. The van der Waals surface area contributed by atoms with Crippen molar-refractivity contribution in [2.24, 2.45) is 0 Å². The molecule has 0 spiro atoms. The molecule has 0 bridgehead atoms. The molecule has 2 fully saturated rings. The zero-order valence-corrected chi connectivity index (χ0v) is 19.0. The van der Waals surface area contributed by atoms with Crippen LogP contribution in [0.2, 0.25) is 0 Å². The Morgan fingerprint density at radius 1 is 0.938 bits per heavy atom. The topological polar surface area (TPSA) is 71.1 Å². The van der Waals surface area contributed by atoms with Crippen molar-refractivity contribution in [3.8, 4) is 11.5 Å². The Balaban J connectivity index is 1.79. The lowest BCUT2D eigenvalue weighted by atomic mass is 9.96. The fraction of sp³-hybridized carbons (Fsp3) is 0.360. The summed E-state index contributed by atoms with van der Waals surface area (Å²) in [5, 5.41) is 3.62. The summed E-state index contributed by atoms with van der Waals surface area (Å²) in [6.07, 6.45) is 1.92. The zero-order valence-electron chi connectivity index (χ0n) is 18.1. The Morgan fingerprint density at radius 3 is 2.22 bits per heavy atom. The van der Waals surface area contributed by atoms with Crippen LogP contribution >= 0.6 is 0 Å². The molecule has 166 valence electrons. The highest BCUT2D eigenvalue weighted by Gasteiger charge is 2.35. The highest BCUT2D eigenvalue weighted by molar-refractivity contribution is 7.97. The number of carbonyl (C=O) groups excluding carboxylic acids is 2. The minimum atomic E-state index is -0.868. The maximum atomic E-state index is 13.5. The number of cyclic esters (lactones) is 1. The summed E-state index contributed by atoms with van der Waals surface area (Å²) < 4.78 is 21.6. The lowest BCUT2D eigenvalue weighted by molar-refractivity contribution is -0.145. The van der Waals surface area contributed by atoms with Crippen molar-refractivity contribution in [2.45, 2.75) is 30.3 Å². The van der Waals surface area contributed by atoms with Gasteiger partial charge < -0.3 is 18.9 Å². The van der Waals surface area contributed by atoms with E-state index in [0.29, 0.717) is 17.7 Å². The minimum Gasteiger partial charge on any atom is -0.497 e. The molecular formula is C25H25O6S+. The molecule has 0 radical (unpaired) electrons. The fourth-order valence-electron chi connectivity index (χ4n) is 4.56. The van der Waals surface area contributed by atoms with Crippen LogP contribution in [0.25, 0.3) is 21.5 Å². The van der Waals surface area contributed by atoms with Gasteiger partial charge in [0, 0.05) is 38.9 Å². The molecule has 6 nitrogen and oxygen atoms in total. The maximum Gasteiger partial charge on any atom is 0.347 e. The molecule has 2 saturated heterocycles. The molecule has 7 heteroatoms. The van der Waals surface area contributed by atoms with Crippen molar-refractivity contribution >= 4 is 44.4 Å². The van der Waals surface area contributed by atoms with Gasteiger partial charge in [-0.25, -0.2) is 9.59 Å². The third-order valence-electron chi connectivity index (χ3n) is 6.14. The van der Waals surface area contributed by atoms with Gasteiger partial charge in [0.05, 0.1) is 26.4 Å². The molecule has 3 aromatic carbocycles. The van der Waals surface area contributed by atoms with Gasteiger partial charge in [-0.05, 0) is 49.2 Å². The van der Waals surface area contributed by atoms with Crippen molar-refractivity contribution < 1.29 is 28.5 Å². The molecule has 2 aliphatic heterocycles. The van der Waals surface area contributed by atoms with Crippen LogP contribution in [0.3, 0.4) is 0 Å². The summed E-state index contributed by atoms with van der Waals surface area (Å²) >= 11 is 0. The van der Waals surface area contributed by atoms with Crippen LogP contribution in [-0.4, -0.2) is 50.4 Å². The largest absolute Gasteiger partial charge is 0.497 e. The van der Waals surface area contributed by atoms with Gasteiger partial charge in [0.25, 0.3) is 0 Å². The van der Waals surface area contributed by atoms with E-state index in [9.17, 15) is 9.59 Å². The molecule has 0 N–H and O–H groups in total. The second kappa shape index (κ2) is 8.54. The Bertz CT molecular complexity index is 1210. The third-order valence-corrected chi connectivity index (χ3v) is 8.72. The molecule has 0 aromatic heterocycles. The van der Waals surface area contributed by atoms with Crippen molar-refractivity contribution in [3.05, 3.63) is 42.0 Å². The summed E-state index contributed by atoms with van der Waals surface area (Å²) in [6.45, 7) is 0.269. The summed E-state index contributed by atoms with van der Waals surface area (Å²) in [6, 6.07) is 11.6. The summed E-state index contributed by atoms with van der Waals surface area (Å²) in [5.74, 6) is 2.68. The lowest BCUT2D eigenvalue weighted by Gasteiger charge is -2.17. The average molecular weight is 454 g/mol. The highest BCUT2D eigenvalue weighted by atomic mass is 32.2. The van der Waals surface area contributed by atoms with E-state index in [1.54, 1.807) is 14.2 Å². The van der Waals surface area contributed by atoms with E-state index in [4.69, 9.17) is 18.9 Å². The van der Waals surface area contributed by atoms with E-state index in [2.05, 4.69) is 0 Å². The monoisotopic (exact) mass is 453 g/mol. The van der Waals surface area contributed by atoms with Crippen molar-refractivity contribution in [1.29, 1.82) is 0 Å². The van der Waals surface area contributed by atoms with Gasteiger partial charge in [-0.1, -0.05) is 0 Å². The van der Waals surface area contributed by atoms with Crippen molar-refractivity contribution in [3.63, 3.8) is 0 Å². The van der Waals surface area contributed by atoms with Crippen LogP contribution in [0.1, 0.15) is 29.6 Å². The van der Waals surface area contributed by atoms with Gasteiger partial charge in [0.1, 0.15) is 23.0 Å². The van der Waals surface area contributed by atoms with E-state index in [1.807, 2.05) is 36.4 Å². The number of rotatable bonds is 5. The predicted molar refractivity (Wildman–Crippen MR) is 124 cm³/mol. The molecule has 0 amide bonds. The summed E-state index contributed by atoms with van der Waals surface area (Å²) in [5.41, 5.74) is 0.447. The number of carbonyl (C=O) groups is 2. The fourth-order valence-corrected chi connectivity index (χ4v) is 7.25. The van der Waals surface area contributed by atoms with Gasteiger partial charge in [-0.15, -0.1) is 0 Å². The number of fused-ring (bicyclic) bond motifs is 2. The highest BCUT2D eigenvalue weighted by Crippen LogP contribution is 2.42. The van der Waals surface area contributed by atoms with E-state index in [-0.39, 0.29) is 17.5 Å². The van der Waals surface area contributed by atoms with Gasteiger partial charge >= 0.3 is 11.9 Å². The first-order valence-electron chi connectivity index (χ1n) is 10.8. The Kier molecular flexibility index (Phi) is 5.59. The van der Waals surface area contributed by atoms with Gasteiger partial charge in [-0.2, -0.15) is 0 Å². The smallest absolute Gasteiger partial charge is 0.347 e. The van der Waals surface area contributed by atoms with Gasteiger partial charge in [-0.3, -0.25) is 0 Å². The van der Waals surface area contributed by atoms with Crippen LogP contribution < -0.4 is 9.47 Å². The molecule has 5 rings (SSSR count). The second-order valence-electron chi connectivity index (χ2n) is 7.99. The molecule has 2 heterocycles. The quantitative estimate of drug-likeness (QED) is 0.327. The molecule has 2 aliphatic rings. The predicted octanol–water partition coefficient (Wildman–Crippen LogP) is 4.25. The first-order valence-corrected chi connectivity index (χ1v) is 12.3. The Labute approximate surface area is 189 Å². The van der Waals surface area contributed by atoms with E-state index in [0.717, 1.165) is 38.8 Å². The summed E-state index contributed by atoms with van der Waals surface area (Å²) in [4.78, 5) is 26.7. The number of hydrogen-bond acceptors (Lipinski definition) is 6. The van der Waals surface area contributed by atoms with Gasteiger partial charge in [0.15, 0.2) is 4.90 Å². The van der Waals surface area contributed by atoms with E-state index < -0.39 is 18.0 Å². The molecule has 1 atom stereocenters. The number of hydrogen-bond donors (Lipinski definition) is 0. The molecular weight excluding hydrogens is 428 g/mol. The van der Waals surface area contributed by atoms with Crippen LogP contribution in [-0.2, 0) is 25.2 Å². The standard InChI is InChI=1S/C25H25O6S/c1-28-15-6-8-18-19(13-15)22(25(27)31-21-9-10-30-24(21)26)17-7-5-16(29-2)14-20(17)23(18)32-11-3-4-12-32/h5-8,13-14,21H,3-4,9-12H2,1-2H3/q+1. The Hall–Kier alpha value is -2.93. The first-order chi connectivity index (χ1) is 15.6. The van der Waals surface area contributed by atoms with Crippen LogP contribution in [0.5, 0.6) is 11.5 Å². The van der Waals surface area contributed by atoms with Crippen LogP contribution in [0.4, 0.5) is 0 Å². The lowest BCUT2D eigenvalue weighted by Crippen LogP contribution is -2.23. The second-order valence-corrected chi connectivity index (χ2v) is 10.2. The Morgan fingerprint density at radius 2 is 1.59 bits per heavy atom. The molecule has 32 heavy (non-hydrogen) atoms. The van der Waals surface area contributed by atoms with Crippen molar-refractivity contribution in [1.82, 2.24) is 0 Å². The number of esters is 2. The minimum absolute atomic E-state index is 0.0876. The average Bonchev–Trinajstić information content (AvgIpc) is 3.48. The number of benzene rings is 3. The van der Waals surface area contributed by atoms with Gasteiger partial charge in [0.2, 0.25) is 6.10 Å². The van der Waals surface area contributed by atoms with E-state index in [1.165, 1.54) is 17.7 Å². The first kappa shape index (κ1) is 20.9. The molecule has 0 aliphatic carbocycles. The summed E-state index contributed by atoms with van der Waals surface area (Å²) in [7, 11) is 3.34. The number of methoxy groups -OCH3 is 2. The zero-order chi connectivity index (χ0) is 22.2. The van der Waals surface area contributed by atoms with Crippen molar-refractivity contribution in [2.75, 3.05) is 32.3 Å². The SMILES string of the molecule is COc1ccc2c([S+]3CCCC3)c3cc(OC)ccc3c(C(=O)OC3CCOC3=O)c2c1. The maximum absolute atomic E-state index is 13.5. The molecule has 0 saturated carbocycles.